The minimum atomic E-state index is -0.162. The molecule has 1 aliphatic rings. The predicted molar refractivity (Wildman–Crippen MR) is 166 cm³/mol. The van der Waals surface area contributed by atoms with Gasteiger partial charge in [0.25, 0.3) is 0 Å². The molecule has 206 valence electrons. The third kappa shape index (κ3) is 5.36. The molecule has 3 heterocycles. The first-order chi connectivity index (χ1) is 19.3. The molecule has 5 rings (SSSR count). The second-order valence-electron chi connectivity index (χ2n) is 10.2. The number of aryl methyl sites for hydroxylation is 1. The standard InChI is InChI=1S/C32H34ClN5OS/c1-5-23-11-6-7-14-26(23)35-28(39)16-18-37-31(30(36-32(37)40)27-15-8-9-17-34-27)29-20(2)21(3)38(22(29)4)25-13-10-12-24(33)19-25/h6-15,17,19,30-31H,5,16,18H2,1-4H3,(H,35,39)(H,36,40)/t30-,31-/m1/s1. The number of thiocarbonyl (C=S) groups is 1. The molecule has 0 unspecified atom stereocenters. The number of halogens is 1. The highest BCUT2D eigenvalue weighted by atomic mass is 35.5. The van der Waals surface area contributed by atoms with Crippen molar-refractivity contribution in [3.63, 3.8) is 0 Å². The highest BCUT2D eigenvalue weighted by molar-refractivity contribution is 7.80. The van der Waals surface area contributed by atoms with Crippen molar-refractivity contribution in [1.82, 2.24) is 19.8 Å². The molecule has 1 fully saturated rings. The molecule has 0 radical (unpaired) electrons. The molecule has 40 heavy (non-hydrogen) atoms. The van der Waals surface area contributed by atoms with Crippen molar-refractivity contribution < 1.29 is 4.79 Å². The summed E-state index contributed by atoms with van der Waals surface area (Å²) in [5.41, 5.74) is 8.51. The Hall–Kier alpha value is -3.68. The van der Waals surface area contributed by atoms with E-state index in [1.165, 1.54) is 11.1 Å². The van der Waals surface area contributed by atoms with Crippen molar-refractivity contribution in [2.75, 3.05) is 11.9 Å². The molecule has 8 heteroatoms. The summed E-state index contributed by atoms with van der Waals surface area (Å²) in [7, 11) is 0. The van der Waals surface area contributed by atoms with Gasteiger partial charge in [-0.25, -0.2) is 0 Å². The van der Waals surface area contributed by atoms with Crippen molar-refractivity contribution in [2.24, 2.45) is 0 Å². The largest absolute Gasteiger partial charge is 0.352 e. The number of amides is 1. The zero-order valence-electron chi connectivity index (χ0n) is 23.2. The Morgan fingerprint density at radius 1 is 1.05 bits per heavy atom. The Morgan fingerprint density at radius 2 is 1.82 bits per heavy atom. The van der Waals surface area contributed by atoms with Gasteiger partial charge in [0.2, 0.25) is 5.91 Å². The number of para-hydroxylation sites is 1. The van der Waals surface area contributed by atoms with Crippen molar-refractivity contribution >= 4 is 40.5 Å². The molecule has 1 amide bonds. The molecule has 2 aromatic carbocycles. The predicted octanol–water partition coefficient (Wildman–Crippen LogP) is 7.01. The smallest absolute Gasteiger partial charge is 0.226 e. The summed E-state index contributed by atoms with van der Waals surface area (Å²) >= 11 is 12.3. The van der Waals surface area contributed by atoms with E-state index in [9.17, 15) is 4.79 Å². The van der Waals surface area contributed by atoms with Crippen LogP contribution >= 0.6 is 23.8 Å². The maximum absolute atomic E-state index is 13.1. The monoisotopic (exact) mass is 571 g/mol. The average Bonchev–Trinajstić information content (AvgIpc) is 3.39. The molecule has 0 aliphatic carbocycles. The van der Waals surface area contributed by atoms with E-state index in [1.807, 2.05) is 60.7 Å². The minimum Gasteiger partial charge on any atom is -0.352 e. The highest BCUT2D eigenvalue weighted by Crippen LogP contribution is 2.43. The number of aromatic nitrogens is 2. The summed E-state index contributed by atoms with van der Waals surface area (Å²) in [5.74, 6) is -0.0372. The van der Waals surface area contributed by atoms with E-state index in [0.717, 1.165) is 40.4 Å². The van der Waals surface area contributed by atoms with Crippen molar-refractivity contribution in [2.45, 2.75) is 52.6 Å². The summed E-state index contributed by atoms with van der Waals surface area (Å²) in [4.78, 5) is 19.9. The number of carbonyl (C=O) groups excluding carboxylic acids is 1. The van der Waals surface area contributed by atoms with E-state index in [4.69, 9.17) is 23.8 Å². The number of hydrogen-bond acceptors (Lipinski definition) is 3. The summed E-state index contributed by atoms with van der Waals surface area (Å²) in [6.07, 6.45) is 2.96. The first-order valence-electron chi connectivity index (χ1n) is 13.6. The molecule has 1 aliphatic heterocycles. The lowest BCUT2D eigenvalue weighted by atomic mass is 9.93. The van der Waals surface area contributed by atoms with Crippen LogP contribution in [-0.2, 0) is 11.2 Å². The van der Waals surface area contributed by atoms with Crippen LogP contribution in [0.1, 0.15) is 59.2 Å². The fraction of sp³-hybridized carbons (Fsp3) is 0.281. The summed E-state index contributed by atoms with van der Waals surface area (Å²) in [6.45, 7) is 8.98. The summed E-state index contributed by atoms with van der Waals surface area (Å²) in [5, 5.41) is 7.94. The quantitative estimate of drug-likeness (QED) is 0.223. The van der Waals surface area contributed by atoms with Crippen LogP contribution < -0.4 is 10.6 Å². The topological polar surface area (TPSA) is 62.2 Å². The van der Waals surface area contributed by atoms with Gasteiger partial charge in [0, 0.05) is 52.5 Å². The SMILES string of the molecule is CCc1ccccc1NC(=O)CCN1C(=S)N[C@H](c2ccccn2)[C@H]1c1c(C)c(C)n(-c2cccc(Cl)c2)c1C. The number of nitrogens with one attached hydrogen (secondary N) is 2. The molecule has 6 nitrogen and oxygen atoms in total. The summed E-state index contributed by atoms with van der Waals surface area (Å²) < 4.78 is 2.25. The van der Waals surface area contributed by atoms with Gasteiger partial charge in [-0.2, -0.15) is 0 Å². The number of carbonyl (C=O) groups is 1. The van der Waals surface area contributed by atoms with Gasteiger partial charge in [0.05, 0.1) is 17.8 Å². The van der Waals surface area contributed by atoms with E-state index < -0.39 is 0 Å². The second kappa shape index (κ2) is 11.8. The maximum atomic E-state index is 13.1. The molecule has 4 aromatic rings. The lowest BCUT2D eigenvalue weighted by Crippen LogP contribution is -2.33. The molecule has 1 saturated heterocycles. The first-order valence-corrected chi connectivity index (χ1v) is 14.4. The van der Waals surface area contributed by atoms with E-state index in [1.54, 1.807) is 6.20 Å². The van der Waals surface area contributed by atoms with Crippen molar-refractivity contribution in [3.8, 4) is 5.69 Å². The van der Waals surface area contributed by atoms with Crippen molar-refractivity contribution in [1.29, 1.82) is 0 Å². The Morgan fingerprint density at radius 3 is 2.55 bits per heavy atom. The van der Waals surface area contributed by atoms with Crippen LogP contribution in [0.4, 0.5) is 5.69 Å². The van der Waals surface area contributed by atoms with E-state index in [-0.39, 0.29) is 18.0 Å². The van der Waals surface area contributed by atoms with Gasteiger partial charge in [-0.15, -0.1) is 0 Å². The molecular weight excluding hydrogens is 538 g/mol. The van der Waals surface area contributed by atoms with Crippen LogP contribution in [0.25, 0.3) is 5.69 Å². The lowest BCUT2D eigenvalue weighted by molar-refractivity contribution is -0.116. The number of rotatable bonds is 8. The van der Waals surface area contributed by atoms with Crippen LogP contribution in [0.15, 0.2) is 72.9 Å². The highest BCUT2D eigenvalue weighted by Gasteiger charge is 2.42. The Balaban J connectivity index is 1.50. The first kappa shape index (κ1) is 27.9. The van der Waals surface area contributed by atoms with Gasteiger partial charge in [-0.1, -0.05) is 48.9 Å². The van der Waals surface area contributed by atoms with E-state index >= 15 is 0 Å². The number of hydrogen-bond donors (Lipinski definition) is 2. The minimum absolute atomic E-state index is 0.0372. The van der Waals surface area contributed by atoms with Crippen LogP contribution in [0.2, 0.25) is 5.02 Å². The normalized spacial score (nSPS) is 16.7. The zero-order valence-corrected chi connectivity index (χ0v) is 24.8. The average molecular weight is 572 g/mol. The molecule has 2 atom stereocenters. The zero-order chi connectivity index (χ0) is 28.4. The third-order valence-electron chi connectivity index (χ3n) is 7.82. The summed E-state index contributed by atoms with van der Waals surface area (Å²) in [6, 6.07) is 21.5. The third-order valence-corrected chi connectivity index (χ3v) is 8.41. The van der Waals surface area contributed by atoms with Gasteiger partial charge in [-0.3, -0.25) is 9.78 Å². The maximum Gasteiger partial charge on any atom is 0.226 e. The van der Waals surface area contributed by atoms with Crippen LogP contribution in [0.5, 0.6) is 0 Å². The molecule has 2 N–H and O–H groups in total. The fourth-order valence-electron chi connectivity index (χ4n) is 5.79. The number of anilines is 1. The number of pyridine rings is 1. The molecule has 0 saturated carbocycles. The van der Waals surface area contributed by atoms with Gasteiger partial charge < -0.3 is 20.1 Å². The van der Waals surface area contributed by atoms with Crippen molar-refractivity contribution in [3.05, 3.63) is 112 Å². The molecule has 2 aromatic heterocycles. The molecular formula is C32H34ClN5OS. The fourth-order valence-corrected chi connectivity index (χ4v) is 6.31. The molecule has 0 spiro atoms. The van der Waals surface area contributed by atoms with Crippen LogP contribution in [-0.4, -0.2) is 32.0 Å². The van der Waals surface area contributed by atoms with Crippen LogP contribution in [0.3, 0.4) is 0 Å². The lowest BCUT2D eigenvalue weighted by Gasteiger charge is -2.29. The van der Waals surface area contributed by atoms with Gasteiger partial charge in [0.1, 0.15) is 0 Å². The van der Waals surface area contributed by atoms with E-state index in [2.05, 4.69) is 58.8 Å². The van der Waals surface area contributed by atoms with Gasteiger partial charge in [0.15, 0.2) is 5.11 Å². The Labute approximate surface area is 246 Å². The van der Waals surface area contributed by atoms with Gasteiger partial charge >= 0.3 is 0 Å². The van der Waals surface area contributed by atoms with E-state index in [0.29, 0.717) is 23.1 Å². The number of benzene rings is 2. The number of nitrogens with zero attached hydrogens (tertiary/aromatic N) is 3. The second-order valence-corrected chi connectivity index (χ2v) is 11.0. The van der Waals surface area contributed by atoms with Crippen LogP contribution in [0, 0.1) is 20.8 Å². The van der Waals surface area contributed by atoms with Gasteiger partial charge in [-0.05, 0) is 86.9 Å². The molecule has 0 bridgehead atoms. The Bertz CT molecular complexity index is 1550. The Kier molecular flexibility index (Phi) is 8.24.